The summed E-state index contributed by atoms with van der Waals surface area (Å²) in [5, 5.41) is 12.3. The average molecular weight is 374 g/mol. The molecule has 3 aromatic heterocycles. The summed E-state index contributed by atoms with van der Waals surface area (Å²) in [6.45, 7) is 3.95. The van der Waals surface area contributed by atoms with Crippen molar-refractivity contribution >= 4 is 28.4 Å². The Balaban J connectivity index is 1.74. The van der Waals surface area contributed by atoms with Gasteiger partial charge in [-0.15, -0.1) is 0 Å². The first-order valence-electron chi connectivity index (χ1n) is 8.99. The molecule has 4 rings (SSSR count). The maximum Gasteiger partial charge on any atom is 0.186 e. The average Bonchev–Trinajstić information content (AvgIpc) is 3.23. The second-order valence-corrected chi connectivity index (χ2v) is 7.13. The second-order valence-electron chi connectivity index (χ2n) is 6.77. The first-order chi connectivity index (χ1) is 12.6. The van der Waals surface area contributed by atoms with Crippen molar-refractivity contribution in [2.45, 2.75) is 58.3 Å². The number of H-pyrrole nitrogens is 1. The lowest BCUT2D eigenvalue weighted by atomic mass is 9.83. The molecule has 0 amide bonds. The number of carbonyl (C=O) groups excluding carboxylic acids is 1. The topological polar surface area (TPSA) is 97.6 Å². The molecule has 136 valence electrons. The number of halogens is 1. The van der Waals surface area contributed by atoms with Crippen LogP contribution >= 0.6 is 11.6 Å². The fraction of sp³-hybridized carbons (Fsp3) is 0.500. The van der Waals surface area contributed by atoms with Crippen LogP contribution in [0, 0.1) is 6.92 Å². The lowest BCUT2D eigenvalue weighted by Crippen LogP contribution is -2.17. The lowest BCUT2D eigenvalue weighted by Gasteiger charge is -2.19. The van der Waals surface area contributed by atoms with Gasteiger partial charge in [0.05, 0.1) is 11.3 Å². The van der Waals surface area contributed by atoms with Crippen LogP contribution < -0.4 is 0 Å². The fourth-order valence-corrected chi connectivity index (χ4v) is 3.89. The molecule has 0 radical (unpaired) electrons. The molecule has 1 atom stereocenters. The SMILES string of the molecule is CCCCC(=O)C1CCCc2c(-c3nc(Cl)c4c(C)[nH]nc4n3)noc21. The first-order valence-corrected chi connectivity index (χ1v) is 9.37. The van der Waals surface area contributed by atoms with Crippen LogP contribution in [0.1, 0.15) is 62.0 Å². The first kappa shape index (κ1) is 17.1. The van der Waals surface area contributed by atoms with Crippen LogP contribution in [0.3, 0.4) is 0 Å². The molecule has 3 aromatic rings. The number of fused-ring (bicyclic) bond motifs is 2. The number of hydrogen-bond acceptors (Lipinski definition) is 6. The number of aryl methyl sites for hydroxylation is 1. The summed E-state index contributed by atoms with van der Waals surface area (Å²) in [6.07, 6.45) is 5.01. The van der Waals surface area contributed by atoms with E-state index in [4.69, 9.17) is 16.1 Å². The van der Waals surface area contributed by atoms with Crippen molar-refractivity contribution in [3.63, 3.8) is 0 Å². The van der Waals surface area contributed by atoms with E-state index in [2.05, 4.69) is 32.2 Å². The van der Waals surface area contributed by atoms with E-state index in [0.717, 1.165) is 43.4 Å². The predicted octanol–water partition coefficient (Wildman–Crippen LogP) is 4.15. The van der Waals surface area contributed by atoms with Gasteiger partial charge in [-0.05, 0) is 32.6 Å². The molecule has 0 saturated carbocycles. The van der Waals surface area contributed by atoms with Gasteiger partial charge < -0.3 is 4.52 Å². The maximum absolute atomic E-state index is 12.5. The van der Waals surface area contributed by atoms with Crippen LogP contribution in [0.15, 0.2) is 4.52 Å². The van der Waals surface area contributed by atoms with Crippen molar-refractivity contribution < 1.29 is 9.32 Å². The van der Waals surface area contributed by atoms with E-state index < -0.39 is 0 Å². The lowest BCUT2D eigenvalue weighted by molar-refractivity contribution is -0.121. The largest absolute Gasteiger partial charge is 0.360 e. The molecule has 1 unspecified atom stereocenters. The monoisotopic (exact) mass is 373 g/mol. The Bertz CT molecular complexity index is 978. The van der Waals surface area contributed by atoms with Gasteiger partial charge in [0.15, 0.2) is 22.9 Å². The van der Waals surface area contributed by atoms with Crippen molar-refractivity contribution in [3.8, 4) is 11.5 Å². The summed E-state index contributed by atoms with van der Waals surface area (Å²) < 4.78 is 5.59. The summed E-state index contributed by atoms with van der Waals surface area (Å²) in [4.78, 5) is 21.4. The Kier molecular flexibility index (Phi) is 4.48. The van der Waals surface area contributed by atoms with Crippen LogP contribution in [-0.2, 0) is 11.2 Å². The van der Waals surface area contributed by atoms with Crippen molar-refractivity contribution in [3.05, 3.63) is 22.2 Å². The van der Waals surface area contributed by atoms with Crippen molar-refractivity contribution in [2.24, 2.45) is 0 Å². The van der Waals surface area contributed by atoms with Gasteiger partial charge in [0.2, 0.25) is 0 Å². The van der Waals surface area contributed by atoms with Gasteiger partial charge in [0, 0.05) is 17.7 Å². The fourth-order valence-electron chi connectivity index (χ4n) is 3.58. The zero-order valence-corrected chi connectivity index (χ0v) is 15.6. The van der Waals surface area contributed by atoms with E-state index in [9.17, 15) is 4.79 Å². The number of Topliss-reactive ketones (excluding diaryl/α,β-unsaturated/α-hetero) is 1. The molecular weight excluding hydrogens is 354 g/mol. The number of aromatic nitrogens is 5. The van der Waals surface area contributed by atoms with Gasteiger partial charge in [-0.2, -0.15) is 5.10 Å². The highest BCUT2D eigenvalue weighted by Gasteiger charge is 2.33. The molecule has 0 aromatic carbocycles. The molecule has 7 nitrogen and oxygen atoms in total. The van der Waals surface area contributed by atoms with E-state index in [1.165, 1.54) is 0 Å². The van der Waals surface area contributed by atoms with Crippen LogP contribution in [0.2, 0.25) is 5.15 Å². The molecule has 3 heterocycles. The third-order valence-electron chi connectivity index (χ3n) is 4.98. The third kappa shape index (κ3) is 2.80. The smallest absolute Gasteiger partial charge is 0.186 e. The number of aromatic amines is 1. The molecule has 26 heavy (non-hydrogen) atoms. The summed E-state index contributed by atoms with van der Waals surface area (Å²) in [5.74, 6) is 1.08. The molecule has 0 fully saturated rings. The number of ketones is 1. The summed E-state index contributed by atoms with van der Waals surface area (Å²) in [7, 11) is 0. The van der Waals surface area contributed by atoms with Crippen molar-refractivity contribution in [2.75, 3.05) is 0 Å². The van der Waals surface area contributed by atoms with Crippen LogP contribution in [0.5, 0.6) is 0 Å². The van der Waals surface area contributed by atoms with E-state index in [0.29, 0.717) is 39.9 Å². The van der Waals surface area contributed by atoms with E-state index in [1.807, 2.05) is 6.92 Å². The van der Waals surface area contributed by atoms with Gasteiger partial charge in [-0.25, -0.2) is 9.97 Å². The summed E-state index contributed by atoms with van der Waals surface area (Å²) in [5.41, 5.74) is 2.81. The summed E-state index contributed by atoms with van der Waals surface area (Å²) in [6, 6.07) is 0. The summed E-state index contributed by atoms with van der Waals surface area (Å²) >= 11 is 6.32. The van der Waals surface area contributed by atoms with Gasteiger partial charge in [-0.3, -0.25) is 9.89 Å². The van der Waals surface area contributed by atoms with Crippen molar-refractivity contribution in [1.29, 1.82) is 0 Å². The number of carbonyl (C=O) groups is 1. The van der Waals surface area contributed by atoms with Crippen LogP contribution in [0.4, 0.5) is 0 Å². The quantitative estimate of drug-likeness (QED) is 0.674. The molecule has 1 aliphatic carbocycles. The molecule has 0 aliphatic heterocycles. The molecule has 0 spiro atoms. The number of hydrogen-bond donors (Lipinski definition) is 1. The zero-order chi connectivity index (χ0) is 18.3. The standard InChI is InChI=1S/C18H20ClN5O2/c1-3-4-8-12(25)10-6-5-7-11-14(24-26-15(10)11)18-20-16(19)13-9(2)22-23-17(13)21-18/h10H,3-8H2,1-2H3,(H,20,21,22,23). The zero-order valence-electron chi connectivity index (χ0n) is 14.8. The van der Waals surface area contributed by atoms with Crippen LogP contribution in [-0.4, -0.2) is 31.1 Å². The Morgan fingerprint density at radius 3 is 3.04 bits per heavy atom. The second kappa shape index (κ2) is 6.79. The van der Waals surface area contributed by atoms with Crippen molar-refractivity contribution in [1.82, 2.24) is 25.3 Å². The molecule has 8 heteroatoms. The Morgan fingerprint density at radius 2 is 2.23 bits per heavy atom. The van der Waals surface area contributed by atoms with E-state index >= 15 is 0 Å². The third-order valence-corrected chi connectivity index (χ3v) is 5.26. The molecule has 0 saturated heterocycles. The number of rotatable bonds is 5. The normalized spacial score (nSPS) is 16.8. The molecule has 0 bridgehead atoms. The highest BCUT2D eigenvalue weighted by atomic mass is 35.5. The minimum Gasteiger partial charge on any atom is -0.360 e. The highest BCUT2D eigenvalue weighted by molar-refractivity contribution is 6.34. The number of unbranched alkanes of at least 4 members (excludes halogenated alkanes) is 1. The highest BCUT2D eigenvalue weighted by Crippen LogP contribution is 2.38. The van der Waals surface area contributed by atoms with Gasteiger partial charge in [0.25, 0.3) is 0 Å². The number of nitrogens with one attached hydrogen (secondary N) is 1. The molecule has 1 N–H and O–H groups in total. The Labute approximate surface area is 155 Å². The van der Waals surface area contributed by atoms with Gasteiger partial charge in [-0.1, -0.05) is 30.1 Å². The van der Waals surface area contributed by atoms with Crippen LogP contribution in [0.25, 0.3) is 22.6 Å². The molecular formula is C18H20ClN5O2. The minimum absolute atomic E-state index is 0.210. The Hall–Kier alpha value is -2.28. The maximum atomic E-state index is 12.5. The Morgan fingerprint density at radius 1 is 1.38 bits per heavy atom. The number of nitrogens with zero attached hydrogens (tertiary/aromatic N) is 4. The minimum atomic E-state index is -0.210. The van der Waals surface area contributed by atoms with Gasteiger partial charge >= 0.3 is 0 Å². The van der Waals surface area contributed by atoms with Gasteiger partial charge in [0.1, 0.15) is 10.9 Å². The van der Waals surface area contributed by atoms with E-state index in [-0.39, 0.29) is 11.7 Å². The van der Waals surface area contributed by atoms with E-state index in [1.54, 1.807) is 0 Å². The molecule has 1 aliphatic rings. The predicted molar refractivity (Wildman–Crippen MR) is 97.1 cm³/mol.